The third-order valence-electron chi connectivity index (χ3n) is 7.88. The maximum atomic E-state index is 13.1. The molecule has 3 aromatic heterocycles. The van der Waals surface area contributed by atoms with Gasteiger partial charge in [0, 0.05) is 55.6 Å². The molecule has 2 aliphatic heterocycles. The van der Waals surface area contributed by atoms with Crippen LogP contribution in [0, 0.1) is 6.92 Å². The van der Waals surface area contributed by atoms with Crippen molar-refractivity contribution >= 4 is 28.7 Å². The number of alkyl halides is 3. The first-order chi connectivity index (χ1) is 20.2. The monoisotopic (exact) mass is 578 g/mol. The van der Waals surface area contributed by atoms with E-state index in [9.17, 15) is 22.8 Å². The Morgan fingerprint density at radius 2 is 1.81 bits per heavy atom. The summed E-state index contributed by atoms with van der Waals surface area (Å²) in [6.07, 6.45) is 1.80. The van der Waals surface area contributed by atoms with Gasteiger partial charge in [-0.3, -0.25) is 14.6 Å². The summed E-state index contributed by atoms with van der Waals surface area (Å²) < 4.78 is 46.3. The highest BCUT2D eigenvalue weighted by Gasteiger charge is 2.31. The summed E-state index contributed by atoms with van der Waals surface area (Å²) in [5, 5.41) is 7.03. The Bertz CT molecular complexity index is 1650. The number of halogens is 3. The van der Waals surface area contributed by atoms with Gasteiger partial charge in [-0.05, 0) is 54.8 Å². The molecule has 12 heteroatoms. The molecule has 1 N–H and O–H groups in total. The van der Waals surface area contributed by atoms with E-state index in [0.29, 0.717) is 44.0 Å². The highest BCUT2D eigenvalue weighted by atomic mass is 19.4. The molecule has 2 fully saturated rings. The van der Waals surface area contributed by atoms with Gasteiger partial charge in [0.05, 0.1) is 48.1 Å². The van der Waals surface area contributed by atoms with E-state index >= 15 is 0 Å². The first-order valence-corrected chi connectivity index (χ1v) is 13.7. The SMILES string of the molecule is Cc1ccc(C(=O)Nc2cncc(C(F)(F)F)c2)cc1C1CCN(c2cnn3ccc(C(=O)N4CCOCC4)cc23)C1. The van der Waals surface area contributed by atoms with Crippen molar-refractivity contribution in [2.24, 2.45) is 0 Å². The molecule has 2 aliphatic rings. The second-order valence-electron chi connectivity index (χ2n) is 10.6. The van der Waals surface area contributed by atoms with Crippen LogP contribution in [0.2, 0.25) is 0 Å². The van der Waals surface area contributed by atoms with Crippen LogP contribution in [0.3, 0.4) is 0 Å². The van der Waals surface area contributed by atoms with E-state index in [1.165, 1.54) is 6.20 Å². The maximum Gasteiger partial charge on any atom is 0.417 e. The number of pyridine rings is 2. The first kappa shape index (κ1) is 27.7. The van der Waals surface area contributed by atoms with Crippen LogP contribution in [-0.4, -0.2) is 70.7 Å². The zero-order chi connectivity index (χ0) is 29.4. The van der Waals surface area contributed by atoms with Crippen LogP contribution in [0.5, 0.6) is 0 Å². The molecule has 1 atom stereocenters. The van der Waals surface area contributed by atoms with Gasteiger partial charge in [-0.1, -0.05) is 6.07 Å². The summed E-state index contributed by atoms with van der Waals surface area (Å²) in [5.41, 5.74) is 3.81. The summed E-state index contributed by atoms with van der Waals surface area (Å²) in [7, 11) is 0. The molecule has 9 nitrogen and oxygen atoms in total. The largest absolute Gasteiger partial charge is 0.417 e. The van der Waals surface area contributed by atoms with E-state index in [4.69, 9.17) is 4.74 Å². The molecule has 0 bridgehead atoms. The number of fused-ring (bicyclic) bond motifs is 1. The molecule has 6 rings (SSSR count). The third-order valence-corrected chi connectivity index (χ3v) is 7.88. The van der Waals surface area contributed by atoms with Gasteiger partial charge in [0.15, 0.2) is 0 Å². The highest BCUT2D eigenvalue weighted by molar-refractivity contribution is 6.04. The highest BCUT2D eigenvalue weighted by Crippen LogP contribution is 2.35. The van der Waals surface area contributed by atoms with Crippen molar-refractivity contribution in [1.29, 1.82) is 0 Å². The Hall–Kier alpha value is -4.45. The molecule has 2 amide bonds. The fourth-order valence-electron chi connectivity index (χ4n) is 5.61. The lowest BCUT2D eigenvalue weighted by Crippen LogP contribution is -2.40. The maximum absolute atomic E-state index is 13.1. The number of rotatable bonds is 5. The first-order valence-electron chi connectivity index (χ1n) is 13.7. The molecular weight excluding hydrogens is 549 g/mol. The zero-order valence-electron chi connectivity index (χ0n) is 22.9. The summed E-state index contributed by atoms with van der Waals surface area (Å²) in [4.78, 5) is 33.7. The third kappa shape index (κ3) is 5.54. The number of carbonyl (C=O) groups is 2. The van der Waals surface area contributed by atoms with Crippen LogP contribution in [0.1, 0.15) is 49.7 Å². The van der Waals surface area contributed by atoms with Crippen LogP contribution in [0.25, 0.3) is 5.52 Å². The second kappa shape index (κ2) is 11.1. The normalized spacial score (nSPS) is 17.6. The van der Waals surface area contributed by atoms with Gasteiger partial charge in [-0.2, -0.15) is 18.3 Å². The number of anilines is 2. The zero-order valence-corrected chi connectivity index (χ0v) is 22.9. The number of morpholine rings is 1. The second-order valence-corrected chi connectivity index (χ2v) is 10.6. The number of nitrogens with zero attached hydrogens (tertiary/aromatic N) is 5. The smallest absolute Gasteiger partial charge is 0.378 e. The average molecular weight is 579 g/mol. The van der Waals surface area contributed by atoms with E-state index in [1.54, 1.807) is 33.9 Å². The molecule has 218 valence electrons. The molecule has 1 unspecified atom stereocenters. The fraction of sp³-hybridized carbons (Fsp3) is 0.333. The minimum Gasteiger partial charge on any atom is -0.378 e. The van der Waals surface area contributed by atoms with Crippen molar-refractivity contribution in [3.05, 3.63) is 89.0 Å². The number of aromatic nitrogens is 3. The van der Waals surface area contributed by atoms with E-state index in [-0.39, 0.29) is 17.5 Å². The predicted molar refractivity (Wildman–Crippen MR) is 150 cm³/mol. The molecule has 1 aromatic carbocycles. The number of amides is 2. The van der Waals surface area contributed by atoms with E-state index in [0.717, 1.165) is 47.6 Å². The average Bonchev–Trinajstić information content (AvgIpc) is 3.64. The summed E-state index contributed by atoms with van der Waals surface area (Å²) in [5.74, 6) is -0.410. The number of benzene rings is 1. The molecule has 0 radical (unpaired) electrons. The van der Waals surface area contributed by atoms with Crippen LogP contribution in [0.4, 0.5) is 24.5 Å². The van der Waals surface area contributed by atoms with Crippen LogP contribution < -0.4 is 10.2 Å². The minimum absolute atomic E-state index is 0.0245. The van der Waals surface area contributed by atoms with Crippen molar-refractivity contribution in [2.75, 3.05) is 49.6 Å². The number of carbonyl (C=O) groups excluding carboxylic acids is 2. The van der Waals surface area contributed by atoms with Crippen molar-refractivity contribution in [3.63, 3.8) is 0 Å². The van der Waals surface area contributed by atoms with Crippen LogP contribution in [-0.2, 0) is 10.9 Å². The number of hydrogen-bond acceptors (Lipinski definition) is 6. The number of ether oxygens (including phenoxy) is 1. The molecular formula is C30H29F3N6O3. The van der Waals surface area contributed by atoms with Crippen molar-refractivity contribution in [2.45, 2.75) is 25.4 Å². The van der Waals surface area contributed by atoms with E-state index < -0.39 is 17.6 Å². The van der Waals surface area contributed by atoms with Gasteiger partial charge in [-0.15, -0.1) is 0 Å². The minimum atomic E-state index is -4.56. The van der Waals surface area contributed by atoms with Crippen molar-refractivity contribution < 1.29 is 27.5 Å². The Kier molecular flexibility index (Phi) is 7.31. The van der Waals surface area contributed by atoms with E-state index in [1.807, 2.05) is 25.1 Å². The molecule has 4 aromatic rings. The Labute approximate surface area is 239 Å². The molecule has 0 saturated carbocycles. The molecule has 0 spiro atoms. The quantitative estimate of drug-likeness (QED) is 0.367. The van der Waals surface area contributed by atoms with Gasteiger partial charge in [0.2, 0.25) is 0 Å². The topological polar surface area (TPSA) is 92.1 Å². The van der Waals surface area contributed by atoms with Gasteiger partial charge >= 0.3 is 6.18 Å². The Balaban J connectivity index is 1.19. The van der Waals surface area contributed by atoms with Gasteiger partial charge in [-0.25, -0.2) is 4.52 Å². The van der Waals surface area contributed by atoms with Crippen LogP contribution >= 0.6 is 0 Å². The standard InChI is InChI=1S/C30H29F3N6O3/c1-19-2-3-20(28(40)36-24-14-23(15-34-16-24)30(31,32)33)12-25(19)22-4-6-38(18-22)27-17-35-39-7-5-21(13-26(27)39)29(41)37-8-10-42-11-9-37/h2-3,5,7,12-17,22H,4,6,8-11,18H2,1H3,(H,36,40). The predicted octanol–water partition coefficient (Wildman–Crippen LogP) is 4.78. The molecule has 2 saturated heterocycles. The number of aryl methyl sites for hydroxylation is 1. The summed E-state index contributed by atoms with van der Waals surface area (Å²) in [6.45, 7) is 5.63. The fourth-order valence-corrected chi connectivity index (χ4v) is 5.61. The van der Waals surface area contributed by atoms with Gasteiger partial charge in [0.1, 0.15) is 0 Å². The lowest BCUT2D eigenvalue weighted by atomic mass is 9.92. The lowest BCUT2D eigenvalue weighted by Gasteiger charge is -2.27. The van der Waals surface area contributed by atoms with Crippen molar-refractivity contribution in [3.8, 4) is 0 Å². The molecule has 42 heavy (non-hydrogen) atoms. The van der Waals surface area contributed by atoms with Crippen LogP contribution in [0.15, 0.2) is 61.2 Å². The van der Waals surface area contributed by atoms with Gasteiger partial charge in [0.25, 0.3) is 11.8 Å². The Morgan fingerprint density at radius 3 is 2.60 bits per heavy atom. The molecule has 0 aliphatic carbocycles. The number of nitrogens with one attached hydrogen (secondary N) is 1. The summed E-state index contributed by atoms with van der Waals surface area (Å²) >= 11 is 0. The molecule has 5 heterocycles. The Morgan fingerprint density at radius 1 is 1.00 bits per heavy atom. The lowest BCUT2D eigenvalue weighted by molar-refractivity contribution is -0.137. The summed E-state index contributed by atoms with van der Waals surface area (Å²) in [6, 6.07) is 9.87. The van der Waals surface area contributed by atoms with Crippen molar-refractivity contribution in [1.82, 2.24) is 19.5 Å². The number of hydrogen-bond donors (Lipinski definition) is 1. The van der Waals surface area contributed by atoms with Gasteiger partial charge < -0.3 is 19.9 Å². The van der Waals surface area contributed by atoms with E-state index in [2.05, 4.69) is 20.3 Å².